The molecule has 0 spiro atoms. The molecule has 0 fully saturated rings. The highest BCUT2D eigenvalue weighted by Crippen LogP contribution is 2.36. The average Bonchev–Trinajstić information content (AvgIpc) is 2.33. The van der Waals surface area contributed by atoms with E-state index in [0.29, 0.717) is 5.69 Å². The summed E-state index contributed by atoms with van der Waals surface area (Å²) in [7, 11) is 0. The summed E-state index contributed by atoms with van der Waals surface area (Å²) < 4.78 is 0. The number of benzene rings is 2. The van der Waals surface area contributed by atoms with E-state index in [0.717, 1.165) is 4.90 Å². The van der Waals surface area contributed by atoms with Gasteiger partial charge in [-0.3, -0.25) is 0 Å². The summed E-state index contributed by atoms with van der Waals surface area (Å²) in [6.07, 6.45) is 0. The molecule has 0 unspecified atom stereocenters. The summed E-state index contributed by atoms with van der Waals surface area (Å²) >= 11 is 1.62. The predicted molar refractivity (Wildman–Crippen MR) is 71.2 cm³/mol. The summed E-state index contributed by atoms with van der Waals surface area (Å²) in [6.45, 7) is 4.17. The van der Waals surface area contributed by atoms with Crippen molar-refractivity contribution in [2.45, 2.75) is 23.6 Å². The van der Waals surface area contributed by atoms with Crippen molar-refractivity contribution >= 4 is 17.4 Å². The molecule has 17 heavy (non-hydrogen) atoms. The molecule has 0 heterocycles. The van der Waals surface area contributed by atoms with Crippen LogP contribution < -0.4 is 0 Å². The third-order valence-corrected chi connectivity index (χ3v) is 3.77. The third kappa shape index (κ3) is 2.66. The van der Waals surface area contributed by atoms with Crippen molar-refractivity contribution in [1.29, 1.82) is 5.39 Å². The molecule has 84 valence electrons. The molecule has 3 heteroatoms. The van der Waals surface area contributed by atoms with Crippen LogP contribution in [0, 0.1) is 19.2 Å². The average molecular weight is 241 g/mol. The Hall–Kier alpha value is -1.79. The molecule has 0 saturated carbocycles. The maximum absolute atomic E-state index is 8.92. The van der Waals surface area contributed by atoms with Crippen LogP contribution in [0.15, 0.2) is 52.3 Å². The van der Waals surface area contributed by atoms with Crippen LogP contribution in [-0.4, -0.2) is 0 Å². The number of hydrogen-bond donors (Lipinski definition) is 0. The minimum atomic E-state index is 0.609. The zero-order valence-electron chi connectivity index (χ0n) is 9.84. The van der Waals surface area contributed by atoms with Crippen molar-refractivity contribution in [3.63, 3.8) is 0 Å². The summed E-state index contributed by atoms with van der Waals surface area (Å²) in [5, 5.41) is 8.92. The Kier molecular flexibility index (Phi) is 3.46. The normalized spacial score (nSPS) is 9.94. The quantitative estimate of drug-likeness (QED) is 0.697. The third-order valence-electron chi connectivity index (χ3n) is 2.52. The van der Waals surface area contributed by atoms with Crippen LogP contribution >= 0.6 is 11.8 Å². The van der Waals surface area contributed by atoms with Gasteiger partial charge in [-0.05, 0) is 31.5 Å². The second kappa shape index (κ2) is 5.03. The minimum absolute atomic E-state index is 0.609. The highest BCUT2D eigenvalue weighted by Gasteiger charge is 2.14. The van der Waals surface area contributed by atoms with Crippen LogP contribution in [0.2, 0.25) is 0 Å². The van der Waals surface area contributed by atoms with E-state index in [-0.39, 0.29) is 0 Å². The van der Waals surface area contributed by atoms with Gasteiger partial charge in [0.05, 0.1) is 0 Å². The van der Waals surface area contributed by atoms with E-state index in [4.69, 9.17) is 5.39 Å². The predicted octanol–water partition coefficient (Wildman–Crippen LogP) is 4.94. The highest BCUT2D eigenvalue weighted by atomic mass is 32.2. The largest absolute Gasteiger partial charge is 0.398 e. The Morgan fingerprint density at radius 3 is 2.47 bits per heavy atom. The fourth-order valence-electron chi connectivity index (χ4n) is 1.66. The Labute approximate surface area is 105 Å². The molecule has 2 aromatic rings. The second-order valence-corrected chi connectivity index (χ2v) is 5.02. The molecular formula is C14H13N2S+. The SMILES string of the molecule is Cc1ccc(Sc2ccccc2[N+]#N)c(C)c1. The van der Waals surface area contributed by atoms with E-state index >= 15 is 0 Å². The first-order chi connectivity index (χ1) is 8.20. The molecule has 2 aromatic carbocycles. The van der Waals surface area contributed by atoms with E-state index in [1.807, 2.05) is 18.2 Å². The molecule has 0 saturated heterocycles. The van der Waals surface area contributed by atoms with Gasteiger partial charge in [-0.25, -0.2) is 0 Å². The fraction of sp³-hybridized carbons (Fsp3) is 0.143. The zero-order chi connectivity index (χ0) is 12.3. The van der Waals surface area contributed by atoms with Gasteiger partial charge in [-0.15, -0.1) is 0 Å². The maximum atomic E-state index is 8.92. The summed E-state index contributed by atoms with van der Waals surface area (Å²) in [5.74, 6) is 0. The molecule has 0 radical (unpaired) electrons. The smallest absolute Gasteiger partial charge is 0.0815 e. The van der Waals surface area contributed by atoms with E-state index in [1.54, 1.807) is 17.8 Å². The Morgan fingerprint density at radius 2 is 1.76 bits per heavy atom. The van der Waals surface area contributed by atoms with Gasteiger partial charge >= 0.3 is 5.69 Å². The topological polar surface area (TPSA) is 28.1 Å². The summed E-state index contributed by atoms with van der Waals surface area (Å²) in [4.78, 5) is 5.44. The lowest BCUT2D eigenvalue weighted by molar-refractivity contribution is 1.26. The number of hydrogen-bond acceptors (Lipinski definition) is 2. The lowest BCUT2D eigenvalue weighted by Crippen LogP contribution is -1.81. The van der Waals surface area contributed by atoms with Crippen molar-refractivity contribution in [1.82, 2.24) is 0 Å². The fourth-order valence-corrected chi connectivity index (χ4v) is 2.61. The number of diazo groups is 1. The molecule has 0 atom stereocenters. The van der Waals surface area contributed by atoms with Crippen LogP contribution in [0.25, 0.3) is 4.98 Å². The van der Waals surface area contributed by atoms with Crippen molar-refractivity contribution in [3.05, 3.63) is 58.6 Å². The molecule has 0 N–H and O–H groups in total. The van der Waals surface area contributed by atoms with E-state index < -0.39 is 0 Å². The van der Waals surface area contributed by atoms with Gasteiger partial charge < -0.3 is 0 Å². The summed E-state index contributed by atoms with van der Waals surface area (Å²) in [6, 6.07) is 13.9. The molecule has 0 amide bonds. The standard InChI is InChI=1S/C14H13N2S/c1-10-7-8-13(11(2)9-10)17-14-6-4-3-5-12(14)16-15/h3-9H,1-2H3/q+1. The van der Waals surface area contributed by atoms with Crippen LogP contribution in [0.4, 0.5) is 5.69 Å². The number of nitrogens with zero attached hydrogens (tertiary/aromatic N) is 2. The first-order valence-electron chi connectivity index (χ1n) is 5.40. The Bertz CT molecular complexity index is 585. The summed E-state index contributed by atoms with van der Waals surface area (Å²) in [5.41, 5.74) is 3.10. The molecule has 0 aliphatic rings. The highest BCUT2D eigenvalue weighted by molar-refractivity contribution is 7.99. The first-order valence-corrected chi connectivity index (χ1v) is 6.21. The number of aryl methyl sites for hydroxylation is 2. The monoisotopic (exact) mass is 241 g/mol. The van der Waals surface area contributed by atoms with Crippen LogP contribution in [-0.2, 0) is 0 Å². The Morgan fingerprint density at radius 1 is 1.00 bits per heavy atom. The zero-order valence-corrected chi connectivity index (χ0v) is 10.7. The van der Waals surface area contributed by atoms with E-state index in [1.165, 1.54) is 16.0 Å². The van der Waals surface area contributed by atoms with E-state index in [2.05, 4.69) is 37.0 Å². The van der Waals surface area contributed by atoms with E-state index in [9.17, 15) is 0 Å². The van der Waals surface area contributed by atoms with Gasteiger partial charge in [0.1, 0.15) is 4.90 Å². The first kappa shape index (κ1) is 11.7. The second-order valence-electron chi connectivity index (χ2n) is 3.94. The van der Waals surface area contributed by atoms with Crippen molar-refractivity contribution < 1.29 is 0 Å². The molecule has 0 bridgehead atoms. The molecule has 2 nitrogen and oxygen atoms in total. The lowest BCUT2D eigenvalue weighted by atomic mass is 10.2. The van der Waals surface area contributed by atoms with Crippen molar-refractivity contribution in [3.8, 4) is 0 Å². The molecule has 0 aliphatic heterocycles. The van der Waals surface area contributed by atoms with Crippen LogP contribution in [0.1, 0.15) is 11.1 Å². The maximum Gasteiger partial charge on any atom is 0.398 e. The lowest BCUT2D eigenvalue weighted by Gasteiger charge is -2.04. The van der Waals surface area contributed by atoms with Crippen LogP contribution in [0.5, 0.6) is 0 Å². The minimum Gasteiger partial charge on any atom is -0.0815 e. The molecule has 0 aromatic heterocycles. The van der Waals surface area contributed by atoms with Gasteiger partial charge in [0.25, 0.3) is 0 Å². The number of rotatable bonds is 2. The molecule has 2 rings (SSSR count). The molecular weight excluding hydrogens is 228 g/mol. The Balaban J connectivity index is 2.35. The van der Waals surface area contributed by atoms with Crippen molar-refractivity contribution in [2.75, 3.05) is 0 Å². The van der Waals surface area contributed by atoms with Gasteiger partial charge in [-0.2, -0.15) is 0 Å². The molecule has 0 aliphatic carbocycles. The van der Waals surface area contributed by atoms with Crippen molar-refractivity contribution in [2.24, 2.45) is 0 Å². The van der Waals surface area contributed by atoms with Gasteiger partial charge in [0.15, 0.2) is 4.98 Å². The van der Waals surface area contributed by atoms with Crippen LogP contribution in [0.3, 0.4) is 0 Å². The van der Waals surface area contributed by atoms with Gasteiger partial charge in [0, 0.05) is 11.0 Å². The van der Waals surface area contributed by atoms with Gasteiger partial charge in [0.2, 0.25) is 5.39 Å². The van der Waals surface area contributed by atoms with Gasteiger partial charge in [-0.1, -0.05) is 41.6 Å².